The van der Waals surface area contributed by atoms with Crippen LogP contribution in [0.4, 0.5) is 5.69 Å². The van der Waals surface area contributed by atoms with Gasteiger partial charge in [0.05, 0.1) is 38.3 Å². The third-order valence-corrected chi connectivity index (χ3v) is 7.74. The molecule has 2 aromatic carbocycles. The molecule has 35 heavy (non-hydrogen) atoms. The van der Waals surface area contributed by atoms with E-state index in [9.17, 15) is 23.1 Å². The van der Waals surface area contributed by atoms with Crippen molar-refractivity contribution in [2.24, 2.45) is 0 Å². The SMILES string of the molecule is O=C(O)c1ccccc1C(=O)Nc1cnc2c(c1)c(-c1cncs1)cn2S(=O)(=O)c1ccccc1. The Hall–Kier alpha value is -4.35. The van der Waals surface area contributed by atoms with Gasteiger partial charge in [0.15, 0.2) is 5.65 Å². The van der Waals surface area contributed by atoms with E-state index in [1.54, 1.807) is 42.0 Å². The third kappa shape index (κ3) is 4.07. The summed E-state index contributed by atoms with van der Waals surface area (Å²) < 4.78 is 27.8. The fourth-order valence-electron chi connectivity index (χ4n) is 3.65. The summed E-state index contributed by atoms with van der Waals surface area (Å²) in [6.07, 6.45) is 4.43. The van der Waals surface area contributed by atoms with Crippen molar-refractivity contribution >= 4 is 50.0 Å². The highest BCUT2D eigenvalue weighted by molar-refractivity contribution is 7.90. The summed E-state index contributed by atoms with van der Waals surface area (Å²) in [6.45, 7) is 0. The Morgan fingerprint density at radius 3 is 2.37 bits per heavy atom. The summed E-state index contributed by atoms with van der Waals surface area (Å²) in [6, 6.07) is 15.5. The number of carbonyl (C=O) groups is 2. The zero-order chi connectivity index (χ0) is 24.6. The highest BCUT2D eigenvalue weighted by Gasteiger charge is 2.24. The van der Waals surface area contributed by atoms with Crippen molar-refractivity contribution in [3.05, 3.63) is 95.9 Å². The Morgan fingerprint density at radius 2 is 1.69 bits per heavy atom. The lowest BCUT2D eigenvalue weighted by Gasteiger charge is -2.09. The summed E-state index contributed by atoms with van der Waals surface area (Å²) in [5.74, 6) is -1.85. The number of thiazole rings is 1. The minimum Gasteiger partial charge on any atom is -0.478 e. The van der Waals surface area contributed by atoms with E-state index in [1.807, 2.05) is 0 Å². The van der Waals surface area contributed by atoms with Crippen molar-refractivity contribution in [3.8, 4) is 10.4 Å². The van der Waals surface area contributed by atoms with E-state index < -0.39 is 21.9 Å². The molecule has 9 nitrogen and oxygen atoms in total. The molecule has 11 heteroatoms. The number of hydrogen-bond donors (Lipinski definition) is 2. The summed E-state index contributed by atoms with van der Waals surface area (Å²) >= 11 is 1.33. The van der Waals surface area contributed by atoms with Gasteiger partial charge in [0.1, 0.15) is 0 Å². The standard InChI is InChI=1S/C24H16N4O5S2/c29-23(17-8-4-5-9-18(17)24(30)31)27-15-10-19-20(21-12-25-14-34-21)13-28(22(19)26-11-15)35(32,33)16-6-2-1-3-7-16/h1-14H,(H,27,29)(H,30,31). The molecule has 0 saturated carbocycles. The van der Waals surface area contributed by atoms with E-state index in [2.05, 4.69) is 15.3 Å². The van der Waals surface area contributed by atoms with Gasteiger partial charge in [-0.2, -0.15) is 0 Å². The predicted molar refractivity (Wildman–Crippen MR) is 131 cm³/mol. The topological polar surface area (TPSA) is 131 Å². The summed E-state index contributed by atoms with van der Waals surface area (Å²) in [7, 11) is -3.94. The first-order valence-electron chi connectivity index (χ1n) is 10.2. The monoisotopic (exact) mass is 504 g/mol. The largest absolute Gasteiger partial charge is 0.478 e. The number of fused-ring (bicyclic) bond motifs is 1. The number of aromatic nitrogens is 3. The van der Waals surface area contributed by atoms with Gasteiger partial charge in [-0.25, -0.2) is 22.2 Å². The molecule has 3 aromatic heterocycles. The number of rotatable bonds is 6. The van der Waals surface area contributed by atoms with Gasteiger partial charge in [-0.3, -0.25) is 9.78 Å². The van der Waals surface area contributed by atoms with Crippen LogP contribution in [0.15, 0.2) is 89.7 Å². The van der Waals surface area contributed by atoms with E-state index in [0.717, 1.165) is 8.85 Å². The maximum Gasteiger partial charge on any atom is 0.336 e. The van der Waals surface area contributed by atoms with Gasteiger partial charge < -0.3 is 10.4 Å². The quantitative estimate of drug-likeness (QED) is 0.351. The first-order valence-corrected chi connectivity index (χ1v) is 12.5. The van der Waals surface area contributed by atoms with Crippen molar-refractivity contribution in [2.45, 2.75) is 4.90 Å². The number of hydrogen-bond acceptors (Lipinski definition) is 7. The fourth-order valence-corrected chi connectivity index (χ4v) is 5.64. The lowest BCUT2D eigenvalue weighted by atomic mass is 10.1. The molecule has 0 aliphatic rings. The van der Waals surface area contributed by atoms with E-state index >= 15 is 0 Å². The predicted octanol–water partition coefficient (Wildman–Crippen LogP) is 4.35. The second-order valence-electron chi connectivity index (χ2n) is 7.42. The number of nitrogens with zero attached hydrogens (tertiary/aromatic N) is 3. The van der Waals surface area contributed by atoms with Gasteiger partial charge in [-0.1, -0.05) is 30.3 Å². The van der Waals surface area contributed by atoms with Crippen LogP contribution >= 0.6 is 11.3 Å². The summed E-state index contributed by atoms with van der Waals surface area (Å²) in [5, 5.41) is 12.5. The van der Waals surface area contributed by atoms with E-state index in [0.29, 0.717) is 10.9 Å². The second kappa shape index (κ2) is 8.78. The van der Waals surface area contributed by atoms with Crippen LogP contribution in [0.3, 0.4) is 0 Å². The van der Waals surface area contributed by atoms with Crippen LogP contribution in [0, 0.1) is 0 Å². The Kier molecular flexibility index (Phi) is 5.63. The molecule has 5 rings (SSSR count). The Morgan fingerprint density at radius 1 is 0.971 bits per heavy atom. The number of carbonyl (C=O) groups excluding carboxylic acids is 1. The van der Waals surface area contributed by atoms with Gasteiger partial charge in [0, 0.05) is 23.3 Å². The zero-order valence-corrected chi connectivity index (χ0v) is 19.5. The number of carboxylic acid groups (broad SMARTS) is 1. The molecule has 0 bridgehead atoms. The van der Waals surface area contributed by atoms with Gasteiger partial charge >= 0.3 is 5.97 Å². The first kappa shape index (κ1) is 22.4. The molecule has 3 heterocycles. The van der Waals surface area contributed by atoms with E-state index in [4.69, 9.17) is 0 Å². The molecule has 0 aliphatic carbocycles. The van der Waals surface area contributed by atoms with Gasteiger partial charge in [0.2, 0.25) is 0 Å². The highest BCUT2D eigenvalue weighted by atomic mass is 32.2. The molecular weight excluding hydrogens is 488 g/mol. The molecule has 174 valence electrons. The van der Waals surface area contributed by atoms with Gasteiger partial charge in [-0.05, 0) is 30.3 Å². The molecule has 0 unspecified atom stereocenters. The molecular formula is C24H16N4O5S2. The maximum atomic E-state index is 13.4. The molecule has 1 amide bonds. The molecule has 0 saturated heterocycles. The van der Waals surface area contributed by atoms with E-state index in [1.165, 1.54) is 54.1 Å². The van der Waals surface area contributed by atoms with E-state index in [-0.39, 0.29) is 27.4 Å². The lowest BCUT2D eigenvalue weighted by Crippen LogP contribution is -2.16. The summed E-state index contributed by atoms with van der Waals surface area (Å²) in [4.78, 5) is 33.6. The number of anilines is 1. The van der Waals surface area contributed by atoms with Crippen LogP contribution in [0.1, 0.15) is 20.7 Å². The maximum absolute atomic E-state index is 13.4. The zero-order valence-electron chi connectivity index (χ0n) is 17.8. The van der Waals surface area contributed by atoms with Crippen molar-refractivity contribution in [2.75, 3.05) is 5.32 Å². The Balaban J connectivity index is 1.62. The number of aromatic carboxylic acids is 1. The van der Waals surface area contributed by atoms with Gasteiger partial charge in [-0.15, -0.1) is 11.3 Å². The lowest BCUT2D eigenvalue weighted by molar-refractivity contribution is 0.0692. The smallest absolute Gasteiger partial charge is 0.336 e. The molecule has 0 spiro atoms. The van der Waals surface area contributed by atoms with Crippen LogP contribution in [0.5, 0.6) is 0 Å². The molecule has 2 N–H and O–H groups in total. The molecule has 0 radical (unpaired) electrons. The third-order valence-electron chi connectivity index (χ3n) is 5.27. The average molecular weight is 505 g/mol. The Labute approximate surface area is 203 Å². The Bertz CT molecular complexity index is 1680. The minimum atomic E-state index is -3.94. The normalized spacial score (nSPS) is 11.4. The molecule has 0 atom stereocenters. The van der Waals surface area contributed by atoms with Gasteiger partial charge in [0.25, 0.3) is 15.9 Å². The number of nitrogens with one attached hydrogen (secondary N) is 1. The van der Waals surface area contributed by atoms with Crippen LogP contribution in [-0.2, 0) is 10.0 Å². The van der Waals surface area contributed by atoms with Crippen molar-refractivity contribution in [1.82, 2.24) is 13.9 Å². The van der Waals surface area contributed by atoms with Crippen LogP contribution in [0.25, 0.3) is 21.5 Å². The van der Waals surface area contributed by atoms with Crippen molar-refractivity contribution in [3.63, 3.8) is 0 Å². The van der Waals surface area contributed by atoms with Crippen LogP contribution < -0.4 is 5.32 Å². The fraction of sp³-hybridized carbons (Fsp3) is 0. The van der Waals surface area contributed by atoms with Crippen molar-refractivity contribution in [1.29, 1.82) is 0 Å². The van der Waals surface area contributed by atoms with Crippen LogP contribution in [0.2, 0.25) is 0 Å². The molecule has 5 aromatic rings. The van der Waals surface area contributed by atoms with Crippen molar-refractivity contribution < 1.29 is 23.1 Å². The summed E-state index contributed by atoms with van der Waals surface area (Å²) in [5.41, 5.74) is 2.53. The average Bonchev–Trinajstić information content (AvgIpc) is 3.52. The first-order chi connectivity index (χ1) is 16.9. The number of carboxylic acids is 1. The minimum absolute atomic E-state index is 0.00740. The highest BCUT2D eigenvalue weighted by Crippen LogP contribution is 2.35. The molecule has 0 fully saturated rings. The molecule has 0 aliphatic heterocycles. The van der Waals surface area contributed by atoms with Crippen LogP contribution in [-0.4, -0.2) is 39.3 Å². The second-order valence-corrected chi connectivity index (χ2v) is 10.1. The number of amides is 1. The number of benzene rings is 2. The number of pyridine rings is 1.